The van der Waals surface area contributed by atoms with Crippen molar-refractivity contribution in [2.45, 2.75) is 38.0 Å². The molecule has 1 aliphatic carbocycles. The summed E-state index contributed by atoms with van der Waals surface area (Å²) in [6.07, 6.45) is 2.85. The molecule has 0 heterocycles. The number of ether oxygens (including phenoxy) is 1. The van der Waals surface area contributed by atoms with Gasteiger partial charge < -0.3 is 10.5 Å². The SMILES string of the molecule is N#Cc1cccc(COC2CCC(N)C2)c1F. The Morgan fingerprint density at radius 3 is 2.94 bits per heavy atom. The number of benzene rings is 1. The van der Waals surface area contributed by atoms with Crippen LogP contribution in [0, 0.1) is 17.1 Å². The molecule has 1 aromatic carbocycles. The Morgan fingerprint density at radius 1 is 1.47 bits per heavy atom. The summed E-state index contributed by atoms with van der Waals surface area (Å²) < 4.78 is 19.3. The Hall–Kier alpha value is -1.44. The second kappa shape index (κ2) is 5.26. The maximum Gasteiger partial charge on any atom is 0.146 e. The van der Waals surface area contributed by atoms with Crippen molar-refractivity contribution in [2.24, 2.45) is 5.73 Å². The molecule has 0 spiro atoms. The molecule has 1 fully saturated rings. The summed E-state index contributed by atoms with van der Waals surface area (Å²) in [5, 5.41) is 8.71. The fourth-order valence-electron chi connectivity index (χ4n) is 2.11. The smallest absolute Gasteiger partial charge is 0.146 e. The summed E-state index contributed by atoms with van der Waals surface area (Å²) in [6.45, 7) is 0.207. The summed E-state index contributed by atoms with van der Waals surface area (Å²) in [5.74, 6) is -0.475. The minimum atomic E-state index is -0.475. The molecule has 2 N–H and O–H groups in total. The molecule has 0 bridgehead atoms. The second-order valence-electron chi connectivity index (χ2n) is 4.40. The Kier molecular flexibility index (Phi) is 3.72. The third kappa shape index (κ3) is 2.82. The predicted molar refractivity (Wildman–Crippen MR) is 61.5 cm³/mol. The molecule has 0 amide bonds. The minimum Gasteiger partial charge on any atom is -0.373 e. The standard InChI is InChI=1S/C13H15FN2O/c14-13-9(7-15)2-1-3-10(13)8-17-12-5-4-11(16)6-12/h1-3,11-12H,4-6,8,16H2. The molecule has 2 rings (SSSR count). The topological polar surface area (TPSA) is 59.0 Å². The van der Waals surface area contributed by atoms with Crippen LogP contribution in [0.25, 0.3) is 0 Å². The van der Waals surface area contributed by atoms with Gasteiger partial charge in [0.2, 0.25) is 0 Å². The van der Waals surface area contributed by atoms with Crippen LogP contribution in [0.1, 0.15) is 30.4 Å². The lowest BCUT2D eigenvalue weighted by Gasteiger charge is -2.12. The molecule has 17 heavy (non-hydrogen) atoms. The molecule has 0 saturated heterocycles. The third-order valence-corrected chi connectivity index (χ3v) is 3.10. The molecule has 0 aliphatic heterocycles. The molecule has 1 aliphatic rings. The molecular weight excluding hydrogens is 219 g/mol. The van der Waals surface area contributed by atoms with E-state index in [9.17, 15) is 4.39 Å². The van der Waals surface area contributed by atoms with Crippen molar-refractivity contribution in [1.82, 2.24) is 0 Å². The lowest BCUT2D eigenvalue weighted by atomic mass is 10.1. The first-order chi connectivity index (χ1) is 8.20. The number of nitrogens with zero attached hydrogens (tertiary/aromatic N) is 1. The van der Waals surface area contributed by atoms with Gasteiger partial charge in [-0.2, -0.15) is 5.26 Å². The van der Waals surface area contributed by atoms with Gasteiger partial charge in [0.05, 0.1) is 18.3 Å². The van der Waals surface area contributed by atoms with Crippen LogP contribution in [0.3, 0.4) is 0 Å². The molecule has 4 heteroatoms. The maximum absolute atomic E-state index is 13.7. The highest BCUT2D eigenvalue weighted by atomic mass is 19.1. The van der Waals surface area contributed by atoms with Crippen molar-refractivity contribution in [3.05, 3.63) is 35.1 Å². The number of nitrogens with two attached hydrogens (primary N) is 1. The number of rotatable bonds is 3. The summed E-state index contributed by atoms with van der Waals surface area (Å²) >= 11 is 0. The van der Waals surface area contributed by atoms with Crippen molar-refractivity contribution < 1.29 is 9.13 Å². The summed E-state index contributed by atoms with van der Waals surface area (Å²) in [4.78, 5) is 0. The van der Waals surface area contributed by atoms with Gasteiger partial charge in [0.15, 0.2) is 0 Å². The van der Waals surface area contributed by atoms with Gasteiger partial charge in [-0.05, 0) is 25.3 Å². The Morgan fingerprint density at radius 2 is 2.29 bits per heavy atom. The summed E-state index contributed by atoms with van der Waals surface area (Å²) in [7, 11) is 0. The summed E-state index contributed by atoms with van der Waals surface area (Å²) in [6, 6.07) is 6.80. The van der Waals surface area contributed by atoms with Crippen LogP contribution >= 0.6 is 0 Å². The average Bonchev–Trinajstić information content (AvgIpc) is 2.74. The van der Waals surface area contributed by atoms with Crippen LogP contribution in [-0.2, 0) is 11.3 Å². The average molecular weight is 234 g/mol. The van der Waals surface area contributed by atoms with Gasteiger partial charge in [0.25, 0.3) is 0 Å². The zero-order valence-electron chi connectivity index (χ0n) is 9.53. The van der Waals surface area contributed by atoms with Crippen LogP contribution in [-0.4, -0.2) is 12.1 Å². The Balaban J connectivity index is 1.98. The highest BCUT2D eigenvalue weighted by molar-refractivity contribution is 5.34. The first-order valence-electron chi connectivity index (χ1n) is 5.75. The van der Waals surface area contributed by atoms with Crippen molar-refractivity contribution in [2.75, 3.05) is 0 Å². The molecular formula is C13H15FN2O. The van der Waals surface area contributed by atoms with Gasteiger partial charge in [-0.25, -0.2) is 4.39 Å². The molecule has 90 valence electrons. The largest absolute Gasteiger partial charge is 0.373 e. The van der Waals surface area contributed by atoms with E-state index in [1.807, 2.05) is 6.07 Å². The van der Waals surface area contributed by atoms with Gasteiger partial charge in [-0.15, -0.1) is 0 Å². The molecule has 1 aromatic rings. The van der Waals surface area contributed by atoms with Crippen molar-refractivity contribution >= 4 is 0 Å². The van der Waals surface area contributed by atoms with E-state index in [0.29, 0.717) is 5.56 Å². The van der Waals surface area contributed by atoms with Crippen LogP contribution in [0.4, 0.5) is 4.39 Å². The quantitative estimate of drug-likeness (QED) is 0.871. The number of hydrogen-bond acceptors (Lipinski definition) is 3. The third-order valence-electron chi connectivity index (χ3n) is 3.10. The van der Waals surface area contributed by atoms with Crippen LogP contribution in [0.15, 0.2) is 18.2 Å². The Labute approximate surface area is 100.0 Å². The first kappa shape index (κ1) is 12.0. The van der Waals surface area contributed by atoms with E-state index in [2.05, 4.69) is 0 Å². The lowest BCUT2D eigenvalue weighted by Crippen LogP contribution is -2.17. The molecule has 2 atom stereocenters. The van der Waals surface area contributed by atoms with Crippen LogP contribution in [0.2, 0.25) is 0 Å². The minimum absolute atomic E-state index is 0.0641. The number of halogens is 1. The van der Waals surface area contributed by atoms with E-state index in [4.69, 9.17) is 15.7 Å². The van der Waals surface area contributed by atoms with Crippen molar-refractivity contribution in [1.29, 1.82) is 5.26 Å². The van der Waals surface area contributed by atoms with Crippen molar-refractivity contribution in [3.63, 3.8) is 0 Å². The van der Waals surface area contributed by atoms with Gasteiger partial charge in [-0.3, -0.25) is 0 Å². The fraction of sp³-hybridized carbons (Fsp3) is 0.462. The predicted octanol–water partition coefficient (Wildman–Crippen LogP) is 2.09. The van der Waals surface area contributed by atoms with E-state index in [1.165, 1.54) is 6.07 Å². The monoisotopic (exact) mass is 234 g/mol. The molecule has 1 saturated carbocycles. The maximum atomic E-state index is 13.7. The second-order valence-corrected chi connectivity index (χ2v) is 4.40. The van der Waals surface area contributed by atoms with Gasteiger partial charge in [0.1, 0.15) is 11.9 Å². The van der Waals surface area contributed by atoms with E-state index in [1.54, 1.807) is 12.1 Å². The highest BCUT2D eigenvalue weighted by Crippen LogP contribution is 2.22. The lowest BCUT2D eigenvalue weighted by molar-refractivity contribution is 0.0432. The van der Waals surface area contributed by atoms with Crippen LogP contribution < -0.4 is 5.73 Å². The zero-order valence-corrected chi connectivity index (χ0v) is 9.53. The van der Waals surface area contributed by atoms with E-state index < -0.39 is 5.82 Å². The fourth-order valence-corrected chi connectivity index (χ4v) is 2.11. The van der Waals surface area contributed by atoms with Gasteiger partial charge >= 0.3 is 0 Å². The Bertz CT molecular complexity index is 442. The van der Waals surface area contributed by atoms with Crippen molar-refractivity contribution in [3.8, 4) is 6.07 Å². The molecule has 2 unspecified atom stereocenters. The molecule has 0 radical (unpaired) electrons. The van der Waals surface area contributed by atoms with E-state index >= 15 is 0 Å². The normalized spacial score (nSPS) is 23.6. The number of hydrogen-bond donors (Lipinski definition) is 1. The zero-order chi connectivity index (χ0) is 12.3. The van der Waals surface area contributed by atoms with Gasteiger partial charge in [0, 0.05) is 11.6 Å². The van der Waals surface area contributed by atoms with E-state index in [0.717, 1.165) is 19.3 Å². The van der Waals surface area contributed by atoms with Gasteiger partial charge in [-0.1, -0.05) is 12.1 Å². The first-order valence-corrected chi connectivity index (χ1v) is 5.75. The van der Waals surface area contributed by atoms with Crippen LogP contribution in [0.5, 0.6) is 0 Å². The summed E-state index contributed by atoms with van der Waals surface area (Å²) in [5.41, 5.74) is 6.27. The molecule has 3 nitrogen and oxygen atoms in total. The van der Waals surface area contributed by atoms with E-state index in [-0.39, 0.29) is 24.3 Å². The number of nitriles is 1. The highest BCUT2D eigenvalue weighted by Gasteiger charge is 2.22. The molecule has 0 aromatic heterocycles.